The highest BCUT2D eigenvalue weighted by Crippen LogP contribution is 2.32. The van der Waals surface area contributed by atoms with Crippen LogP contribution in [0.4, 0.5) is 0 Å². The van der Waals surface area contributed by atoms with Crippen LogP contribution in [0, 0.1) is 19.8 Å². The quantitative estimate of drug-likeness (QED) is 0.573. The summed E-state index contributed by atoms with van der Waals surface area (Å²) < 4.78 is 1.90. The van der Waals surface area contributed by atoms with E-state index in [1.807, 2.05) is 10.7 Å². The lowest BCUT2D eigenvalue weighted by Crippen LogP contribution is -2.34. The molecule has 3 aromatic heterocycles. The molecule has 4 heterocycles. The summed E-state index contributed by atoms with van der Waals surface area (Å²) in [5, 5.41) is 8.52. The molecule has 0 saturated carbocycles. The highest BCUT2D eigenvalue weighted by atomic mass is 32.1. The number of nitrogens with one attached hydrogen (secondary N) is 1. The molecular formula is C24H33N5OS. The van der Waals surface area contributed by atoms with E-state index in [1.54, 1.807) is 17.5 Å². The number of carbonyl (C=O) groups is 1. The second-order valence-electron chi connectivity index (χ2n) is 9.13. The highest BCUT2D eigenvalue weighted by Gasteiger charge is 2.21. The lowest BCUT2D eigenvalue weighted by atomic mass is 10.1. The highest BCUT2D eigenvalue weighted by molar-refractivity contribution is 7.12. The zero-order valence-electron chi connectivity index (χ0n) is 19.2. The summed E-state index contributed by atoms with van der Waals surface area (Å²) in [4.78, 5) is 23.1. The number of pyridine rings is 1. The topological polar surface area (TPSA) is 63.1 Å². The van der Waals surface area contributed by atoms with Crippen LogP contribution in [0.1, 0.15) is 59.8 Å². The van der Waals surface area contributed by atoms with Crippen molar-refractivity contribution in [2.75, 3.05) is 26.2 Å². The van der Waals surface area contributed by atoms with Crippen molar-refractivity contribution >= 4 is 28.3 Å². The van der Waals surface area contributed by atoms with Crippen LogP contribution < -0.4 is 5.32 Å². The van der Waals surface area contributed by atoms with Crippen molar-refractivity contribution in [3.63, 3.8) is 0 Å². The number of nitrogens with zero attached hydrogens (tertiary/aromatic N) is 4. The Hall–Kier alpha value is -2.25. The Morgan fingerprint density at radius 3 is 2.58 bits per heavy atom. The van der Waals surface area contributed by atoms with Crippen molar-refractivity contribution in [1.82, 2.24) is 25.0 Å². The van der Waals surface area contributed by atoms with Gasteiger partial charge in [-0.2, -0.15) is 5.10 Å². The smallest absolute Gasteiger partial charge is 0.252 e. The Labute approximate surface area is 188 Å². The Morgan fingerprint density at radius 1 is 1.19 bits per heavy atom. The van der Waals surface area contributed by atoms with Gasteiger partial charge in [0.1, 0.15) is 0 Å². The SMILES string of the molecule is Cc1cc(-c2cc(C(=O)NC[C@H](C)CN3CCCC3)c3cnn(C(C)C)c3n2)c(C)s1. The second-order valence-corrected chi connectivity index (χ2v) is 10.6. The molecule has 0 aromatic carbocycles. The van der Waals surface area contributed by atoms with Gasteiger partial charge in [-0.3, -0.25) is 4.79 Å². The number of rotatable bonds is 7. The first-order valence-electron chi connectivity index (χ1n) is 11.3. The van der Waals surface area contributed by atoms with E-state index in [2.05, 4.69) is 56.0 Å². The lowest BCUT2D eigenvalue weighted by Gasteiger charge is -2.20. The second kappa shape index (κ2) is 9.09. The maximum atomic E-state index is 13.3. The normalized spacial score (nSPS) is 15.8. The number of aryl methyl sites for hydroxylation is 2. The average Bonchev–Trinajstić information content (AvgIpc) is 3.45. The van der Waals surface area contributed by atoms with Gasteiger partial charge in [-0.1, -0.05) is 6.92 Å². The van der Waals surface area contributed by atoms with Crippen LogP contribution >= 0.6 is 11.3 Å². The van der Waals surface area contributed by atoms with Crippen molar-refractivity contribution < 1.29 is 4.79 Å². The number of likely N-dealkylation sites (tertiary alicyclic amines) is 1. The van der Waals surface area contributed by atoms with E-state index in [-0.39, 0.29) is 11.9 Å². The molecule has 0 aliphatic carbocycles. The molecular weight excluding hydrogens is 406 g/mol. The molecule has 1 amide bonds. The molecule has 0 radical (unpaired) electrons. The molecule has 1 atom stereocenters. The van der Waals surface area contributed by atoms with Gasteiger partial charge in [0.15, 0.2) is 5.65 Å². The molecule has 4 rings (SSSR count). The van der Waals surface area contributed by atoms with Gasteiger partial charge < -0.3 is 10.2 Å². The third kappa shape index (κ3) is 4.67. The van der Waals surface area contributed by atoms with Gasteiger partial charge in [-0.15, -0.1) is 11.3 Å². The van der Waals surface area contributed by atoms with Crippen molar-refractivity contribution in [3.8, 4) is 11.3 Å². The molecule has 1 saturated heterocycles. The van der Waals surface area contributed by atoms with Crippen molar-refractivity contribution in [2.45, 2.75) is 53.5 Å². The summed E-state index contributed by atoms with van der Waals surface area (Å²) in [7, 11) is 0. The molecule has 1 fully saturated rings. The maximum Gasteiger partial charge on any atom is 0.252 e. The largest absolute Gasteiger partial charge is 0.352 e. The molecule has 31 heavy (non-hydrogen) atoms. The number of carbonyl (C=O) groups excluding carboxylic acids is 1. The van der Waals surface area contributed by atoms with Gasteiger partial charge in [-0.05, 0) is 71.7 Å². The minimum atomic E-state index is -0.0465. The van der Waals surface area contributed by atoms with E-state index in [0.717, 1.165) is 28.8 Å². The van der Waals surface area contributed by atoms with Crippen LogP contribution in [0.3, 0.4) is 0 Å². The van der Waals surface area contributed by atoms with Crippen LogP contribution in [-0.4, -0.2) is 51.8 Å². The summed E-state index contributed by atoms with van der Waals surface area (Å²) in [5.74, 6) is 0.369. The zero-order valence-corrected chi connectivity index (χ0v) is 20.1. The summed E-state index contributed by atoms with van der Waals surface area (Å²) in [6, 6.07) is 4.26. The predicted molar refractivity (Wildman–Crippen MR) is 128 cm³/mol. The number of aromatic nitrogens is 3. The predicted octanol–water partition coefficient (Wildman–Crippen LogP) is 4.82. The molecule has 1 N–H and O–H groups in total. The van der Waals surface area contributed by atoms with E-state index in [9.17, 15) is 4.79 Å². The fourth-order valence-corrected chi connectivity index (χ4v) is 5.37. The number of hydrogen-bond acceptors (Lipinski definition) is 5. The summed E-state index contributed by atoms with van der Waals surface area (Å²) in [5.41, 5.74) is 3.36. The monoisotopic (exact) mass is 439 g/mol. The molecule has 0 bridgehead atoms. The summed E-state index contributed by atoms with van der Waals surface area (Å²) in [6.45, 7) is 14.7. The first kappa shape index (κ1) is 22.0. The number of amides is 1. The minimum Gasteiger partial charge on any atom is -0.352 e. The molecule has 166 valence electrons. The van der Waals surface area contributed by atoms with Crippen LogP contribution in [0.15, 0.2) is 18.3 Å². The van der Waals surface area contributed by atoms with Crippen molar-refractivity contribution in [2.24, 2.45) is 5.92 Å². The van der Waals surface area contributed by atoms with Crippen molar-refractivity contribution in [3.05, 3.63) is 33.6 Å². The van der Waals surface area contributed by atoms with Gasteiger partial charge in [0, 0.05) is 34.4 Å². The standard InChI is InChI=1S/C24H33N5OS/c1-15(2)29-23-21(13-26-29)20(11-22(27-23)19-10-17(4)31-18(19)5)24(30)25-12-16(3)14-28-8-6-7-9-28/h10-11,13,15-16H,6-9,12,14H2,1-5H3,(H,25,30)/t16-/m0/s1. The first-order chi connectivity index (χ1) is 14.8. The van der Waals surface area contributed by atoms with Gasteiger partial charge in [0.05, 0.1) is 22.8 Å². The maximum absolute atomic E-state index is 13.3. The molecule has 0 spiro atoms. The molecule has 0 unspecified atom stereocenters. The van der Waals surface area contributed by atoms with Crippen LogP contribution in [0.25, 0.3) is 22.3 Å². The lowest BCUT2D eigenvalue weighted by molar-refractivity contribution is 0.0946. The molecule has 6 nitrogen and oxygen atoms in total. The van der Waals surface area contributed by atoms with Crippen LogP contribution in [0.2, 0.25) is 0 Å². The average molecular weight is 440 g/mol. The molecule has 7 heteroatoms. The fourth-order valence-electron chi connectivity index (χ4n) is 4.44. The van der Waals surface area contributed by atoms with E-state index >= 15 is 0 Å². The fraction of sp³-hybridized carbons (Fsp3) is 0.542. The van der Waals surface area contributed by atoms with Gasteiger partial charge >= 0.3 is 0 Å². The Kier molecular flexibility index (Phi) is 6.44. The number of thiophene rings is 1. The van der Waals surface area contributed by atoms with E-state index in [0.29, 0.717) is 18.0 Å². The van der Waals surface area contributed by atoms with Gasteiger partial charge in [0.2, 0.25) is 0 Å². The Balaban J connectivity index is 1.63. The Morgan fingerprint density at radius 2 is 1.94 bits per heavy atom. The third-order valence-electron chi connectivity index (χ3n) is 6.00. The summed E-state index contributed by atoms with van der Waals surface area (Å²) in [6.07, 6.45) is 4.36. The molecule has 1 aliphatic heterocycles. The third-order valence-corrected chi connectivity index (χ3v) is 6.96. The van der Waals surface area contributed by atoms with E-state index in [1.165, 1.54) is 35.7 Å². The molecule has 1 aliphatic rings. The first-order valence-corrected chi connectivity index (χ1v) is 12.1. The van der Waals surface area contributed by atoms with Crippen molar-refractivity contribution in [1.29, 1.82) is 0 Å². The number of fused-ring (bicyclic) bond motifs is 1. The zero-order chi connectivity index (χ0) is 22.1. The Bertz CT molecular complexity index is 1080. The summed E-state index contributed by atoms with van der Waals surface area (Å²) >= 11 is 1.76. The van der Waals surface area contributed by atoms with Gasteiger partial charge in [-0.25, -0.2) is 9.67 Å². The van der Waals surface area contributed by atoms with Crippen LogP contribution in [-0.2, 0) is 0 Å². The minimum absolute atomic E-state index is 0.0465. The van der Waals surface area contributed by atoms with E-state index in [4.69, 9.17) is 4.98 Å². The van der Waals surface area contributed by atoms with Gasteiger partial charge in [0.25, 0.3) is 5.91 Å². The number of hydrogen-bond donors (Lipinski definition) is 1. The van der Waals surface area contributed by atoms with E-state index < -0.39 is 0 Å². The molecule has 3 aromatic rings. The van der Waals surface area contributed by atoms with Crippen LogP contribution in [0.5, 0.6) is 0 Å².